The highest BCUT2D eigenvalue weighted by Gasteiger charge is 2.05. The van der Waals surface area contributed by atoms with Crippen molar-refractivity contribution >= 4 is 11.9 Å². The highest BCUT2D eigenvalue weighted by molar-refractivity contribution is 5.25. The van der Waals surface area contributed by atoms with Crippen molar-refractivity contribution in [2.45, 2.75) is 13.0 Å². The van der Waals surface area contributed by atoms with E-state index in [0.29, 0.717) is 12.4 Å². The Labute approximate surface area is 95.3 Å². The van der Waals surface area contributed by atoms with Gasteiger partial charge in [0.2, 0.25) is 11.9 Å². The Morgan fingerprint density at radius 3 is 2.38 bits per heavy atom. The second kappa shape index (κ2) is 6.19. The Kier molecular flexibility index (Phi) is 4.87. The average molecular weight is 225 g/mol. The molecule has 7 nitrogen and oxygen atoms in total. The number of nitrogen functional groups attached to an aromatic ring is 2. The molecule has 0 aliphatic rings. The lowest BCUT2D eigenvalue weighted by atomic mass is 10.4. The molecule has 0 radical (unpaired) electrons. The third kappa shape index (κ3) is 4.37. The number of anilines is 2. The quantitative estimate of drug-likeness (QED) is 0.537. The van der Waals surface area contributed by atoms with Crippen molar-refractivity contribution in [2.24, 2.45) is 0 Å². The first kappa shape index (κ1) is 12.6. The van der Waals surface area contributed by atoms with Gasteiger partial charge >= 0.3 is 0 Å². The number of nitrogens with two attached hydrogens (primary N) is 2. The van der Waals surface area contributed by atoms with Crippen LogP contribution in [0.5, 0.6) is 0 Å². The molecule has 7 heteroatoms. The number of nitrogens with one attached hydrogen (secondary N) is 1. The van der Waals surface area contributed by atoms with Crippen molar-refractivity contribution in [3.8, 4) is 0 Å². The summed E-state index contributed by atoms with van der Waals surface area (Å²) in [6.45, 7) is 2.58. The lowest BCUT2D eigenvalue weighted by molar-refractivity contribution is 0.313. The molecule has 5 N–H and O–H groups in total. The molecular weight excluding hydrogens is 206 g/mol. The number of nitrogens with zero attached hydrogens (tertiary/aromatic N) is 4. The molecule has 0 unspecified atom stereocenters. The van der Waals surface area contributed by atoms with Crippen LogP contribution in [0.4, 0.5) is 11.9 Å². The minimum Gasteiger partial charge on any atom is -0.368 e. The fourth-order valence-electron chi connectivity index (χ4n) is 1.37. The average Bonchev–Trinajstić information content (AvgIpc) is 2.16. The first-order chi connectivity index (χ1) is 7.61. The van der Waals surface area contributed by atoms with Crippen LogP contribution in [0.1, 0.15) is 12.2 Å². The van der Waals surface area contributed by atoms with Gasteiger partial charge in [0.1, 0.15) is 5.82 Å². The predicted molar refractivity (Wildman–Crippen MR) is 63.5 cm³/mol. The lowest BCUT2D eigenvalue weighted by Gasteiger charge is -2.15. The number of hydrogen-bond acceptors (Lipinski definition) is 7. The topological polar surface area (TPSA) is 106 Å². The zero-order valence-electron chi connectivity index (χ0n) is 9.77. The van der Waals surface area contributed by atoms with Gasteiger partial charge in [-0.2, -0.15) is 15.0 Å². The molecule has 16 heavy (non-hydrogen) atoms. The summed E-state index contributed by atoms with van der Waals surface area (Å²) >= 11 is 0. The molecule has 0 saturated carbocycles. The smallest absolute Gasteiger partial charge is 0.225 e. The van der Waals surface area contributed by atoms with Crippen LogP contribution in [0.2, 0.25) is 0 Å². The van der Waals surface area contributed by atoms with Gasteiger partial charge in [-0.25, -0.2) is 0 Å². The molecule has 0 saturated heterocycles. The largest absolute Gasteiger partial charge is 0.368 e. The van der Waals surface area contributed by atoms with Crippen LogP contribution in [0.25, 0.3) is 0 Å². The van der Waals surface area contributed by atoms with E-state index in [0.717, 1.165) is 19.5 Å². The Morgan fingerprint density at radius 1 is 1.19 bits per heavy atom. The van der Waals surface area contributed by atoms with Gasteiger partial charge < -0.3 is 16.8 Å². The number of rotatable bonds is 6. The SMILES string of the molecule is CNCCCN(C)Cc1nc(N)nc(N)n1. The Hall–Kier alpha value is -1.47. The third-order valence-electron chi connectivity index (χ3n) is 2.09. The first-order valence-electron chi connectivity index (χ1n) is 5.21. The van der Waals surface area contributed by atoms with E-state index in [1.807, 2.05) is 14.1 Å². The Bertz CT molecular complexity index is 307. The summed E-state index contributed by atoms with van der Waals surface area (Å²) in [5.41, 5.74) is 11.0. The van der Waals surface area contributed by atoms with Crippen LogP contribution in [-0.4, -0.2) is 47.0 Å². The van der Waals surface area contributed by atoms with Crippen LogP contribution in [-0.2, 0) is 6.54 Å². The van der Waals surface area contributed by atoms with Gasteiger partial charge in [-0.15, -0.1) is 0 Å². The maximum atomic E-state index is 5.49. The highest BCUT2D eigenvalue weighted by Crippen LogP contribution is 2.01. The van der Waals surface area contributed by atoms with Crippen molar-refractivity contribution < 1.29 is 0 Å². The predicted octanol–water partition coefficient (Wildman–Crippen LogP) is -0.923. The fourth-order valence-corrected chi connectivity index (χ4v) is 1.37. The third-order valence-corrected chi connectivity index (χ3v) is 2.09. The zero-order valence-corrected chi connectivity index (χ0v) is 9.77. The van der Waals surface area contributed by atoms with Crippen molar-refractivity contribution in [3.05, 3.63) is 5.82 Å². The molecule has 1 aromatic rings. The number of aromatic nitrogens is 3. The van der Waals surface area contributed by atoms with Crippen LogP contribution < -0.4 is 16.8 Å². The minimum atomic E-state index is 0.172. The van der Waals surface area contributed by atoms with Crippen molar-refractivity contribution in [1.29, 1.82) is 0 Å². The van der Waals surface area contributed by atoms with E-state index < -0.39 is 0 Å². The summed E-state index contributed by atoms with van der Waals surface area (Å²) in [6.07, 6.45) is 1.07. The molecular formula is C9H19N7. The molecule has 0 amide bonds. The summed E-state index contributed by atoms with van der Waals surface area (Å²) in [6, 6.07) is 0. The molecule has 1 aromatic heterocycles. The second-order valence-corrected chi connectivity index (χ2v) is 3.66. The fraction of sp³-hybridized carbons (Fsp3) is 0.667. The molecule has 90 valence electrons. The number of hydrogen-bond donors (Lipinski definition) is 3. The molecule has 0 bridgehead atoms. The first-order valence-corrected chi connectivity index (χ1v) is 5.21. The second-order valence-electron chi connectivity index (χ2n) is 3.66. The Balaban J connectivity index is 2.45. The molecule has 0 fully saturated rings. The standard InChI is InChI=1S/C9H19N7/c1-12-4-3-5-16(2)6-7-13-8(10)15-9(11)14-7/h12H,3-6H2,1-2H3,(H4,10,11,13,14,15). The van der Waals surface area contributed by atoms with Crippen molar-refractivity contribution in [1.82, 2.24) is 25.2 Å². The highest BCUT2D eigenvalue weighted by atomic mass is 15.2. The van der Waals surface area contributed by atoms with Gasteiger partial charge in [0.05, 0.1) is 6.54 Å². The maximum Gasteiger partial charge on any atom is 0.225 e. The van der Waals surface area contributed by atoms with Gasteiger partial charge in [-0.3, -0.25) is 4.90 Å². The molecule has 0 aliphatic carbocycles. The molecule has 0 aromatic carbocycles. The van der Waals surface area contributed by atoms with Crippen LogP contribution >= 0.6 is 0 Å². The molecule has 1 rings (SSSR count). The van der Waals surface area contributed by atoms with E-state index in [1.165, 1.54) is 0 Å². The minimum absolute atomic E-state index is 0.172. The maximum absolute atomic E-state index is 5.49. The van der Waals surface area contributed by atoms with E-state index in [4.69, 9.17) is 11.5 Å². The van der Waals surface area contributed by atoms with Gasteiger partial charge in [0.25, 0.3) is 0 Å². The van der Waals surface area contributed by atoms with Crippen LogP contribution in [0.15, 0.2) is 0 Å². The van der Waals surface area contributed by atoms with Crippen LogP contribution in [0.3, 0.4) is 0 Å². The summed E-state index contributed by atoms with van der Waals surface area (Å²) in [5, 5.41) is 3.10. The van der Waals surface area contributed by atoms with Gasteiger partial charge in [0.15, 0.2) is 0 Å². The monoisotopic (exact) mass is 225 g/mol. The van der Waals surface area contributed by atoms with Crippen molar-refractivity contribution in [3.63, 3.8) is 0 Å². The molecule has 1 heterocycles. The zero-order chi connectivity index (χ0) is 12.0. The van der Waals surface area contributed by atoms with Gasteiger partial charge in [0, 0.05) is 0 Å². The van der Waals surface area contributed by atoms with E-state index in [-0.39, 0.29) is 11.9 Å². The van der Waals surface area contributed by atoms with E-state index in [1.54, 1.807) is 0 Å². The Morgan fingerprint density at radius 2 is 1.81 bits per heavy atom. The normalized spacial score (nSPS) is 10.9. The van der Waals surface area contributed by atoms with E-state index >= 15 is 0 Å². The summed E-state index contributed by atoms with van der Waals surface area (Å²) in [4.78, 5) is 13.9. The van der Waals surface area contributed by atoms with E-state index in [2.05, 4.69) is 25.2 Å². The molecule has 0 spiro atoms. The lowest BCUT2D eigenvalue weighted by Crippen LogP contribution is -2.24. The van der Waals surface area contributed by atoms with Gasteiger partial charge in [-0.1, -0.05) is 0 Å². The molecule has 0 aliphatic heterocycles. The van der Waals surface area contributed by atoms with Crippen LogP contribution in [0, 0.1) is 0 Å². The molecule has 0 atom stereocenters. The summed E-state index contributed by atoms with van der Waals surface area (Å²) < 4.78 is 0. The van der Waals surface area contributed by atoms with Crippen molar-refractivity contribution in [2.75, 3.05) is 38.7 Å². The summed E-state index contributed by atoms with van der Waals surface area (Å²) in [7, 11) is 3.94. The van der Waals surface area contributed by atoms with Gasteiger partial charge in [-0.05, 0) is 33.6 Å². The van der Waals surface area contributed by atoms with E-state index in [9.17, 15) is 0 Å². The summed E-state index contributed by atoms with van der Waals surface area (Å²) in [5.74, 6) is 0.953.